The lowest BCUT2D eigenvalue weighted by Crippen LogP contribution is -2.19. The molecule has 1 aromatic heterocycles. The summed E-state index contributed by atoms with van der Waals surface area (Å²) in [4.78, 5) is 38.9. The Balaban J connectivity index is 1.88. The van der Waals surface area contributed by atoms with Crippen LogP contribution in [0.25, 0.3) is 0 Å². The number of carbonyl (C=O) groups excluding carboxylic acids is 3. The average Bonchev–Trinajstić information content (AvgIpc) is 2.74. The Morgan fingerprint density at radius 1 is 1.14 bits per heavy atom. The number of benzene rings is 1. The Morgan fingerprint density at radius 2 is 1.90 bits per heavy atom. The molecule has 3 rings (SSSR count). The molecule has 0 saturated carbocycles. The molecule has 1 aliphatic rings. The van der Waals surface area contributed by atoms with Crippen molar-refractivity contribution in [2.75, 3.05) is 5.32 Å². The SMILES string of the molecule is O=C1NC(=O)c2cc(NC(=O)c3cccnc3Cl)ccc21. The number of rotatable bonds is 2. The third-order valence-electron chi connectivity index (χ3n) is 3.00. The highest BCUT2D eigenvalue weighted by atomic mass is 35.5. The van der Waals surface area contributed by atoms with Gasteiger partial charge in [0.05, 0.1) is 16.7 Å². The van der Waals surface area contributed by atoms with Gasteiger partial charge < -0.3 is 5.32 Å². The molecule has 1 aromatic carbocycles. The minimum Gasteiger partial charge on any atom is -0.322 e. The standard InChI is InChI=1S/C14H8ClN3O3/c15-11-9(2-1-5-16-11)13(20)17-7-3-4-8-10(6-7)14(21)18-12(8)19/h1-6H,(H,17,20)(H,18,19,21). The van der Waals surface area contributed by atoms with E-state index in [0.717, 1.165) is 0 Å². The van der Waals surface area contributed by atoms with E-state index in [4.69, 9.17) is 11.6 Å². The molecule has 0 saturated heterocycles. The highest BCUT2D eigenvalue weighted by Crippen LogP contribution is 2.21. The first-order valence-electron chi connectivity index (χ1n) is 5.98. The van der Waals surface area contributed by atoms with Gasteiger partial charge in [-0.3, -0.25) is 19.7 Å². The lowest BCUT2D eigenvalue weighted by atomic mass is 10.1. The molecule has 3 amide bonds. The predicted molar refractivity (Wildman–Crippen MR) is 75.4 cm³/mol. The Morgan fingerprint density at radius 3 is 2.67 bits per heavy atom. The van der Waals surface area contributed by atoms with Crippen LogP contribution >= 0.6 is 11.6 Å². The maximum absolute atomic E-state index is 12.1. The monoisotopic (exact) mass is 301 g/mol. The lowest BCUT2D eigenvalue weighted by Gasteiger charge is -2.07. The molecule has 6 nitrogen and oxygen atoms in total. The van der Waals surface area contributed by atoms with Gasteiger partial charge >= 0.3 is 0 Å². The minimum atomic E-state index is -0.481. The number of amides is 3. The number of halogens is 1. The molecule has 7 heteroatoms. The fourth-order valence-corrected chi connectivity index (χ4v) is 2.20. The van der Waals surface area contributed by atoms with E-state index in [1.165, 1.54) is 24.4 Å². The number of carbonyl (C=O) groups is 3. The molecule has 2 heterocycles. The highest BCUT2D eigenvalue weighted by molar-refractivity contribution is 6.33. The molecule has 21 heavy (non-hydrogen) atoms. The van der Waals surface area contributed by atoms with Crippen molar-refractivity contribution < 1.29 is 14.4 Å². The molecule has 0 fully saturated rings. The van der Waals surface area contributed by atoms with Crippen molar-refractivity contribution in [3.05, 3.63) is 58.4 Å². The maximum atomic E-state index is 12.1. The fraction of sp³-hybridized carbons (Fsp3) is 0. The van der Waals surface area contributed by atoms with E-state index in [1.807, 2.05) is 0 Å². The summed E-state index contributed by atoms with van der Waals surface area (Å²) in [6.07, 6.45) is 1.48. The van der Waals surface area contributed by atoms with Crippen LogP contribution in [0.4, 0.5) is 5.69 Å². The van der Waals surface area contributed by atoms with Gasteiger partial charge in [0, 0.05) is 11.9 Å². The van der Waals surface area contributed by atoms with Gasteiger partial charge in [0.2, 0.25) is 0 Å². The van der Waals surface area contributed by atoms with Crippen molar-refractivity contribution in [2.24, 2.45) is 0 Å². The van der Waals surface area contributed by atoms with Gasteiger partial charge in [-0.2, -0.15) is 0 Å². The van der Waals surface area contributed by atoms with E-state index in [1.54, 1.807) is 12.1 Å². The average molecular weight is 302 g/mol. The second kappa shape index (κ2) is 4.99. The summed E-state index contributed by atoms with van der Waals surface area (Å²) in [6, 6.07) is 7.59. The van der Waals surface area contributed by atoms with E-state index < -0.39 is 17.7 Å². The van der Waals surface area contributed by atoms with Crippen molar-refractivity contribution >= 4 is 35.0 Å². The zero-order chi connectivity index (χ0) is 15.0. The number of nitrogens with zero attached hydrogens (tertiary/aromatic N) is 1. The van der Waals surface area contributed by atoms with Crippen molar-refractivity contribution in [1.29, 1.82) is 0 Å². The molecule has 1 aliphatic heterocycles. The fourth-order valence-electron chi connectivity index (χ4n) is 2.00. The topological polar surface area (TPSA) is 88.2 Å². The molecule has 0 bridgehead atoms. The van der Waals surface area contributed by atoms with E-state index in [2.05, 4.69) is 15.6 Å². The molecular formula is C14H8ClN3O3. The molecule has 2 N–H and O–H groups in total. The van der Waals surface area contributed by atoms with Gasteiger partial charge in [0.1, 0.15) is 5.15 Å². The predicted octanol–water partition coefficient (Wildman–Crippen LogP) is 1.87. The number of fused-ring (bicyclic) bond motifs is 1. The van der Waals surface area contributed by atoms with Gasteiger partial charge in [-0.05, 0) is 30.3 Å². The third kappa shape index (κ3) is 2.36. The van der Waals surface area contributed by atoms with Crippen LogP contribution in [-0.2, 0) is 0 Å². The number of anilines is 1. The van der Waals surface area contributed by atoms with Gasteiger partial charge in [-0.1, -0.05) is 11.6 Å². The first-order valence-corrected chi connectivity index (χ1v) is 6.35. The smallest absolute Gasteiger partial charge is 0.259 e. The van der Waals surface area contributed by atoms with Gasteiger partial charge in [0.15, 0.2) is 0 Å². The second-order valence-electron chi connectivity index (χ2n) is 4.34. The molecular weight excluding hydrogens is 294 g/mol. The van der Waals surface area contributed by atoms with Gasteiger partial charge in [0.25, 0.3) is 17.7 Å². The Kier molecular flexibility index (Phi) is 3.15. The molecule has 104 valence electrons. The van der Waals surface area contributed by atoms with Crippen LogP contribution in [-0.4, -0.2) is 22.7 Å². The lowest BCUT2D eigenvalue weighted by molar-refractivity contribution is 0.0878. The summed E-state index contributed by atoms with van der Waals surface area (Å²) in [5.74, 6) is -1.37. The van der Waals surface area contributed by atoms with Crippen LogP contribution in [0.15, 0.2) is 36.5 Å². The number of aromatic nitrogens is 1. The summed E-state index contributed by atoms with van der Waals surface area (Å²) in [7, 11) is 0. The second-order valence-corrected chi connectivity index (χ2v) is 4.70. The highest BCUT2D eigenvalue weighted by Gasteiger charge is 2.26. The van der Waals surface area contributed by atoms with Gasteiger partial charge in [-0.15, -0.1) is 0 Å². The minimum absolute atomic E-state index is 0.0871. The Labute approximate surface area is 124 Å². The van der Waals surface area contributed by atoms with Crippen LogP contribution < -0.4 is 10.6 Å². The van der Waals surface area contributed by atoms with E-state index >= 15 is 0 Å². The molecule has 0 radical (unpaired) electrons. The van der Waals surface area contributed by atoms with Crippen LogP contribution in [0.5, 0.6) is 0 Å². The Bertz CT molecular complexity index is 789. The number of nitrogens with one attached hydrogen (secondary N) is 2. The summed E-state index contributed by atoms with van der Waals surface area (Å²) in [5, 5.41) is 4.88. The van der Waals surface area contributed by atoms with E-state index in [9.17, 15) is 14.4 Å². The quantitative estimate of drug-likeness (QED) is 0.655. The van der Waals surface area contributed by atoms with Crippen LogP contribution in [0.2, 0.25) is 5.15 Å². The largest absolute Gasteiger partial charge is 0.322 e. The van der Waals surface area contributed by atoms with Crippen LogP contribution in [0, 0.1) is 0 Å². The van der Waals surface area contributed by atoms with E-state index in [-0.39, 0.29) is 21.8 Å². The summed E-state index contributed by atoms with van der Waals surface area (Å²) >= 11 is 5.84. The van der Waals surface area contributed by atoms with Crippen molar-refractivity contribution in [2.45, 2.75) is 0 Å². The number of pyridine rings is 1. The number of hydrogen-bond acceptors (Lipinski definition) is 4. The zero-order valence-electron chi connectivity index (χ0n) is 10.5. The zero-order valence-corrected chi connectivity index (χ0v) is 11.3. The molecule has 0 unspecified atom stereocenters. The van der Waals surface area contributed by atoms with Crippen LogP contribution in [0.3, 0.4) is 0 Å². The van der Waals surface area contributed by atoms with Crippen molar-refractivity contribution in [3.8, 4) is 0 Å². The molecule has 0 atom stereocenters. The molecule has 0 aliphatic carbocycles. The van der Waals surface area contributed by atoms with Gasteiger partial charge in [-0.25, -0.2) is 4.98 Å². The molecule has 0 spiro atoms. The first-order chi connectivity index (χ1) is 10.1. The molecule has 2 aromatic rings. The van der Waals surface area contributed by atoms with Crippen LogP contribution in [0.1, 0.15) is 31.1 Å². The first kappa shape index (κ1) is 13.3. The summed E-state index contributed by atoms with van der Waals surface area (Å²) < 4.78 is 0. The number of hydrogen-bond donors (Lipinski definition) is 2. The normalized spacial score (nSPS) is 12.8. The van der Waals surface area contributed by atoms with E-state index in [0.29, 0.717) is 5.69 Å². The summed E-state index contributed by atoms with van der Waals surface area (Å²) in [5.41, 5.74) is 1.14. The summed E-state index contributed by atoms with van der Waals surface area (Å²) in [6.45, 7) is 0. The third-order valence-corrected chi connectivity index (χ3v) is 3.30. The number of imide groups is 1. The maximum Gasteiger partial charge on any atom is 0.259 e. The van der Waals surface area contributed by atoms with Crippen molar-refractivity contribution in [3.63, 3.8) is 0 Å². The Hall–Kier alpha value is -2.73. The van der Waals surface area contributed by atoms with Crippen molar-refractivity contribution in [1.82, 2.24) is 10.3 Å².